The third kappa shape index (κ3) is 5.40. The number of ketones is 1. The monoisotopic (exact) mass is 590 g/mol. The summed E-state index contributed by atoms with van der Waals surface area (Å²) < 4.78 is 5.75. The molecule has 43 heavy (non-hydrogen) atoms. The molecule has 0 aromatic heterocycles. The molecule has 2 saturated carbocycles. The number of hydrogen-bond donors (Lipinski definition) is 2. The van der Waals surface area contributed by atoms with Crippen LogP contribution < -0.4 is 4.90 Å². The van der Waals surface area contributed by atoms with Gasteiger partial charge in [-0.1, -0.05) is 24.6 Å². The number of allylic oxidation sites excluding steroid dienone is 4. The van der Waals surface area contributed by atoms with Gasteiger partial charge in [0.25, 0.3) is 0 Å². The minimum Gasteiger partial charge on any atom is -0.389 e. The van der Waals surface area contributed by atoms with E-state index in [2.05, 4.69) is 49.9 Å². The van der Waals surface area contributed by atoms with Crippen LogP contribution in [0.25, 0.3) is 0 Å². The first kappa shape index (κ1) is 30.5. The van der Waals surface area contributed by atoms with E-state index < -0.39 is 12.2 Å². The third-order valence-corrected chi connectivity index (χ3v) is 12.2. The van der Waals surface area contributed by atoms with Crippen molar-refractivity contribution in [3.05, 3.63) is 52.6 Å². The van der Waals surface area contributed by atoms with Crippen LogP contribution in [0.1, 0.15) is 90.0 Å². The molecular weight excluding hydrogens is 540 g/mol. The summed E-state index contributed by atoms with van der Waals surface area (Å²) in [5, 5.41) is 21.7. The molecule has 1 aromatic rings. The van der Waals surface area contributed by atoms with Crippen molar-refractivity contribution in [1.29, 1.82) is 0 Å². The van der Waals surface area contributed by atoms with E-state index in [1.165, 1.54) is 16.7 Å². The van der Waals surface area contributed by atoms with Crippen molar-refractivity contribution in [3.8, 4) is 0 Å². The Morgan fingerprint density at radius 2 is 1.79 bits per heavy atom. The van der Waals surface area contributed by atoms with Crippen LogP contribution in [-0.2, 0) is 14.3 Å². The molecule has 1 amide bonds. The molecule has 4 aliphatic carbocycles. The van der Waals surface area contributed by atoms with Gasteiger partial charge in [-0.15, -0.1) is 0 Å². The van der Waals surface area contributed by atoms with Gasteiger partial charge in [-0.3, -0.25) is 9.59 Å². The molecule has 1 aliphatic heterocycles. The molecule has 1 heterocycles. The Balaban J connectivity index is 1.33. The first-order valence-corrected chi connectivity index (χ1v) is 16.5. The number of rotatable bonds is 7. The van der Waals surface area contributed by atoms with E-state index in [9.17, 15) is 19.8 Å². The predicted molar refractivity (Wildman–Crippen MR) is 168 cm³/mol. The summed E-state index contributed by atoms with van der Waals surface area (Å²) in [6.45, 7) is 8.90. The molecule has 0 spiro atoms. The molecule has 3 fully saturated rings. The number of anilines is 1. The Hall–Kier alpha value is -2.48. The molecule has 1 saturated heterocycles. The van der Waals surface area contributed by atoms with Crippen molar-refractivity contribution in [1.82, 2.24) is 4.90 Å². The molecule has 234 valence electrons. The second-order valence-corrected chi connectivity index (χ2v) is 14.6. The molecule has 5 aliphatic rings. The Bertz CT molecular complexity index is 1310. The highest BCUT2D eigenvalue weighted by atomic mass is 16.5. The number of carbonyl (C=O) groups excluding carboxylic acids is 2. The first-order valence-electron chi connectivity index (χ1n) is 16.5. The smallest absolute Gasteiger partial charge is 0.248 e. The van der Waals surface area contributed by atoms with Crippen LogP contribution in [0.15, 0.2) is 47.1 Å². The molecule has 7 nitrogen and oxygen atoms in total. The van der Waals surface area contributed by atoms with Gasteiger partial charge in [0.15, 0.2) is 5.78 Å². The van der Waals surface area contributed by atoms with Crippen molar-refractivity contribution < 1.29 is 24.5 Å². The number of ether oxygens (including phenoxy) is 1. The average Bonchev–Trinajstić information content (AvgIpc) is 3.29. The second-order valence-electron chi connectivity index (χ2n) is 14.6. The zero-order valence-corrected chi connectivity index (χ0v) is 26.5. The van der Waals surface area contributed by atoms with Gasteiger partial charge in [-0.25, -0.2) is 0 Å². The maximum atomic E-state index is 12.4. The number of fused-ring (bicyclic) bond motifs is 4. The largest absolute Gasteiger partial charge is 0.389 e. The number of methoxy groups -OCH3 is 1. The van der Waals surface area contributed by atoms with Crippen LogP contribution in [-0.4, -0.2) is 77.9 Å². The van der Waals surface area contributed by atoms with E-state index in [4.69, 9.17) is 4.74 Å². The van der Waals surface area contributed by atoms with Gasteiger partial charge in [0.2, 0.25) is 5.91 Å². The summed E-state index contributed by atoms with van der Waals surface area (Å²) in [5.41, 5.74) is 5.51. The molecule has 0 bridgehead atoms. The van der Waals surface area contributed by atoms with Crippen LogP contribution in [0, 0.1) is 17.3 Å². The van der Waals surface area contributed by atoms with E-state index in [0.717, 1.165) is 70.1 Å². The second kappa shape index (κ2) is 11.5. The summed E-state index contributed by atoms with van der Waals surface area (Å²) >= 11 is 0. The maximum absolute atomic E-state index is 12.4. The van der Waals surface area contributed by atoms with Gasteiger partial charge in [-0.2, -0.15) is 0 Å². The number of nitrogens with zero attached hydrogens (tertiary/aromatic N) is 2. The number of amides is 1. The van der Waals surface area contributed by atoms with Gasteiger partial charge in [0, 0.05) is 56.7 Å². The number of carbonyl (C=O) groups is 2. The van der Waals surface area contributed by atoms with Gasteiger partial charge >= 0.3 is 0 Å². The Morgan fingerprint density at radius 3 is 2.47 bits per heavy atom. The number of aliphatic hydroxyl groups excluding tert-OH is 1. The van der Waals surface area contributed by atoms with Gasteiger partial charge in [-0.05, 0) is 112 Å². The standard InChI is InChI=1S/C36H50N2O5/c1-34(2,43-4)15-16-36(42)14-13-31-29-11-7-25-21-27(40)10-12-28(25)33(29)30(22-35(31,36)3)24-5-8-26(9-6-24)37-17-19-38(20-18-37)32(41)23-39/h5-6,8-9,21,29-31,39,42H,7,10-20,22-23H2,1-4H3/t29-,30+,31-,35-,36+/m0/s1. The lowest BCUT2D eigenvalue weighted by atomic mass is 9.50. The highest BCUT2D eigenvalue weighted by molar-refractivity contribution is 5.93. The van der Waals surface area contributed by atoms with E-state index >= 15 is 0 Å². The minimum absolute atomic E-state index is 0.198. The maximum Gasteiger partial charge on any atom is 0.248 e. The summed E-state index contributed by atoms with van der Waals surface area (Å²) in [7, 11) is 1.76. The molecule has 5 atom stereocenters. The average molecular weight is 591 g/mol. The fourth-order valence-electron chi connectivity index (χ4n) is 9.31. The van der Waals surface area contributed by atoms with Crippen LogP contribution in [0.4, 0.5) is 5.69 Å². The fraction of sp³-hybridized carbons (Fsp3) is 0.667. The number of benzene rings is 1. The Kier molecular flexibility index (Phi) is 8.14. The number of piperazine rings is 1. The number of aliphatic hydroxyl groups is 2. The molecule has 2 N–H and O–H groups in total. The lowest BCUT2D eigenvalue weighted by Gasteiger charge is -2.55. The van der Waals surface area contributed by atoms with Crippen molar-refractivity contribution in [2.75, 3.05) is 44.8 Å². The molecule has 0 radical (unpaired) electrons. The quantitative estimate of drug-likeness (QED) is 0.456. The topological polar surface area (TPSA) is 90.3 Å². The SMILES string of the molecule is COC(C)(C)CC[C@]1(O)CC[C@H]2[C@@H]3CCC4=CC(=O)CCC4=C3[C@@H](c3ccc(N4CCN(C(=O)CO)CC4)cc3)C[C@@]21C. The van der Waals surface area contributed by atoms with E-state index in [1.807, 2.05) is 6.08 Å². The van der Waals surface area contributed by atoms with Crippen LogP contribution in [0.5, 0.6) is 0 Å². The van der Waals surface area contributed by atoms with Gasteiger partial charge < -0.3 is 24.7 Å². The van der Waals surface area contributed by atoms with Gasteiger partial charge in [0.05, 0.1) is 11.2 Å². The minimum atomic E-state index is -0.730. The summed E-state index contributed by atoms with van der Waals surface area (Å²) in [4.78, 5) is 28.4. The fourth-order valence-corrected chi connectivity index (χ4v) is 9.31. The summed E-state index contributed by atoms with van der Waals surface area (Å²) in [5.74, 6) is 1.15. The Labute approximate surface area is 257 Å². The first-order chi connectivity index (χ1) is 20.5. The number of hydrogen-bond acceptors (Lipinski definition) is 6. The highest BCUT2D eigenvalue weighted by Crippen LogP contribution is 2.67. The molecular formula is C36H50N2O5. The van der Waals surface area contributed by atoms with Crippen molar-refractivity contribution in [3.63, 3.8) is 0 Å². The zero-order valence-electron chi connectivity index (χ0n) is 26.5. The molecule has 1 aromatic carbocycles. The normalized spacial score (nSPS) is 32.7. The highest BCUT2D eigenvalue weighted by Gasteiger charge is 2.62. The lowest BCUT2D eigenvalue weighted by molar-refractivity contribution is -0.134. The predicted octanol–water partition coefficient (Wildman–Crippen LogP) is 5.16. The Morgan fingerprint density at radius 1 is 1.07 bits per heavy atom. The van der Waals surface area contributed by atoms with Gasteiger partial charge in [0.1, 0.15) is 6.61 Å². The van der Waals surface area contributed by atoms with Crippen molar-refractivity contribution in [2.24, 2.45) is 17.3 Å². The third-order valence-electron chi connectivity index (χ3n) is 12.2. The van der Waals surface area contributed by atoms with E-state index in [1.54, 1.807) is 17.6 Å². The summed E-state index contributed by atoms with van der Waals surface area (Å²) in [6.07, 6.45) is 9.77. The van der Waals surface area contributed by atoms with Crippen molar-refractivity contribution in [2.45, 2.75) is 95.7 Å². The van der Waals surface area contributed by atoms with E-state index in [0.29, 0.717) is 31.3 Å². The van der Waals surface area contributed by atoms with Crippen LogP contribution >= 0.6 is 0 Å². The molecule has 6 rings (SSSR count). The molecule has 7 heteroatoms. The summed E-state index contributed by atoms with van der Waals surface area (Å²) in [6, 6.07) is 9.01. The molecule has 0 unspecified atom stereocenters. The lowest BCUT2D eigenvalue weighted by Crippen LogP contribution is -2.52. The van der Waals surface area contributed by atoms with Crippen molar-refractivity contribution >= 4 is 17.4 Å². The van der Waals surface area contributed by atoms with E-state index in [-0.39, 0.29) is 28.6 Å². The van der Waals surface area contributed by atoms with Crippen LogP contribution in [0.2, 0.25) is 0 Å². The zero-order chi connectivity index (χ0) is 30.6. The van der Waals surface area contributed by atoms with Crippen LogP contribution in [0.3, 0.4) is 0 Å².